The van der Waals surface area contributed by atoms with Gasteiger partial charge in [-0.2, -0.15) is 0 Å². The van der Waals surface area contributed by atoms with Crippen LogP contribution in [0, 0.1) is 0 Å². The monoisotopic (exact) mass is 429 g/mol. The van der Waals surface area contributed by atoms with E-state index in [2.05, 4.69) is 47.8 Å². The number of aliphatic hydroxyl groups excluding tert-OH is 1. The van der Waals surface area contributed by atoms with Crippen molar-refractivity contribution in [1.29, 1.82) is 0 Å². The molecule has 1 aromatic carbocycles. The predicted octanol–water partition coefficient (Wildman–Crippen LogP) is 3.84. The Labute approximate surface area is 126 Å². The zero-order valence-electron chi connectivity index (χ0n) is 9.25. The van der Waals surface area contributed by atoms with Gasteiger partial charge in [-0.15, -0.1) is 0 Å². The van der Waals surface area contributed by atoms with Crippen molar-refractivity contribution in [3.63, 3.8) is 0 Å². The van der Waals surface area contributed by atoms with Gasteiger partial charge in [0, 0.05) is 10.0 Å². The van der Waals surface area contributed by atoms with E-state index in [0.29, 0.717) is 20.9 Å². The second-order valence-electron chi connectivity index (χ2n) is 3.80. The lowest BCUT2D eigenvalue weighted by atomic mass is 9.99. The van der Waals surface area contributed by atoms with Crippen LogP contribution in [-0.4, -0.2) is 16.3 Å². The molecule has 0 unspecified atom stereocenters. The highest BCUT2D eigenvalue weighted by Gasteiger charge is 2.23. The number of aromatic hydroxyl groups is 1. The number of phenols is 1. The van der Waals surface area contributed by atoms with Crippen molar-refractivity contribution in [3.05, 3.63) is 25.0 Å². The Hall–Kier alpha value is 0.380. The Morgan fingerprint density at radius 2 is 1.88 bits per heavy atom. The first-order valence-corrected chi connectivity index (χ1v) is 7.58. The summed E-state index contributed by atoms with van der Waals surface area (Å²) in [7, 11) is 0. The molecule has 96 valence electrons. The van der Waals surface area contributed by atoms with Gasteiger partial charge in [-0.05, 0) is 44.3 Å². The van der Waals surface area contributed by atoms with Crippen LogP contribution in [0.3, 0.4) is 0 Å². The number of rotatable bonds is 4. The zero-order valence-corrected chi connectivity index (χ0v) is 14.0. The fraction of sp³-hybridized carbons (Fsp3) is 0.455. The molecule has 3 nitrogen and oxygen atoms in total. The van der Waals surface area contributed by atoms with E-state index in [0.717, 1.165) is 10.9 Å². The van der Waals surface area contributed by atoms with Gasteiger partial charge >= 0.3 is 0 Å². The van der Waals surface area contributed by atoms with Gasteiger partial charge in [-0.1, -0.05) is 29.3 Å². The van der Waals surface area contributed by atoms with Gasteiger partial charge in [0.1, 0.15) is 5.75 Å². The summed E-state index contributed by atoms with van der Waals surface area (Å²) in [6.07, 6.45) is 0.844. The SMILES string of the molecule is CCC[C@@H](O)[C@@H](N)c1c(Br)cc(Br)c(O)c1Br. The molecule has 0 spiro atoms. The lowest BCUT2D eigenvalue weighted by Gasteiger charge is -2.22. The molecule has 1 aromatic rings. The van der Waals surface area contributed by atoms with E-state index in [4.69, 9.17) is 5.73 Å². The molecule has 0 saturated carbocycles. The third-order valence-corrected chi connectivity index (χ3v) is 4.58. The summed E-state index contributed by atoms with van der Waals surface area (Å²) >= 11 is 9.93. The van der Waals surface area contributed by atoms with Gasteiger partial charge in [0.15, 0.2) is 0 Å². The summed E-state index contributed by atoms with van der Waals surface area (Å²) in [5.74, 6) is 0.0855. The highest BCUT2D eigenvalue weighted by atomic mass is 79.9. The zero-order chi connectivity index (χ0) is 13.2. The number of aliphatic hydroxyl groups is 1. The Morgan fingerprint density at radius 1 is 1.29 bits per heavy atom. The van der Waals surface area contributed by atoms with Crippen molar-refractivity contribution in [2.75, 3.05) is 0 Å². The minimum Gasteiger partial charge on any atom is -0.506 e. The van der Waals surface area contributed by atoms with E-state index in [1.54, 1.807) is 6.07 Å². The Morgan fingerprint density at radius 3 is 2.41 bits per heavy atom. The first kappa shape index (κ1) is 15.4. The molecule has 0 heterocycles. The summed E-state index contributed by atoms with van der Waals surface area (Å²) in [5.41, 5.74) is 6.68. The Balaban J connectivity index is 3.17. The highest BCUT2D eigenvalue weighted by Crippen LogP contribution is 2.42. The Bertz CT molecular complexity index is 412. The van der Waals surface area contributed by atoms with Crippen LogP contribution in [0.2, 0.25) is 0 Å². The molecule has 1 rings (SSSR count). The molecule has 0 bridgehead atoms. The minimum atomic E-state index is -0.631. The molecule has 0 saturated heterocycles. The van der Waals surface area contributed by atoms with Gasteiger partial charge in [0.25, 0.3) is 0 Å². The molecule has 0 amide bonds. The van der Waals surface area contributed by atoms with E-state index in [1.807, 2.05) is 6.92 Å². The van der Waals surface area contributed by atoms with Crippen molar-refractivity contribution < 1.29 is 10.2 Å². The van der Waals surface area contributed by atoms with Crippen LogP contribution < -0.4 is 5.73 Å². The normalized spacial score (nSPS) is 14.7. The molecular weight excluding hydrogens is 418 g/mol. The predicted molar refractivity (Wildman–Crippen MR) is 79.1 cm³/mol. The average Bonchev–Trinajstić information content (AvgIpc) is 2.26. The van der Waals surface area contributed by atoms with Crippen molar-refractivity contribution in [3.8, 4) is 5.75 Å². The van der Waals surface area contributed by atoms with Gasteiger partial charge in [0.2, 0.25) is 0 Å². The van der Waals surface area contributed by atoms with Crippen LogP contribution in [0.25, 0.3) is 0 Å². The molecule has 4 N–H and O–H groups in total. The van der Waals surface area contributed by atoms with Crippen molar-refractivity contribution in [1.82, 2.24) is 0 Å². The van der Waals surface area contributed by atoms with E-state index in [9.17, 15) is 10.2 Å². The standard InChI is InChI=1S/C11H14Br3NO2/c1-2-3-7(16)10(15)8-5(12)4-6(13)11(17)9(8)14/h4,7,10,16-17H,2-3,15H2,1H3/t7-,10-/m1/s1. The molecule has 2 atom stereocenters. The van der Waals surface area contributed by atoms with E-state index >= 15 is 0 Å². The van der Waals surface area contributed by atoms with Gasteiger partial charge in [0.05, 0.1) is 21.1 Å². The fourth-order valence-corrected chi connectivity index (χ4v) is 4.22. The molecule has 6 heteroatoms. The van der Waals surface area contributed by atoms with Crippen LogP contribution in [0.4, 0.5) is 0 Å². The quantitative estimate of drug-likeness (QED) is 0.678. The van der Waals surface area contributed by atoms with Gasteiger partial charge < -0.3 is 15.9 Å². The first-order valence-electron chi connectivity index (χ1n) is 5.20. The molecule has 0 radical (unpaired) electrons. The lowest BCUT2D eigenvalue weighted by Crippen LogP contribution is -2.26. The fourth-order valence-electron chi connectivity index (χ4n) is 1.57. The van der Waals surface area contributed by atoms with Crippen LogP contribution in [0.15, 0.2) is 19.5 Å². The third kappa shape index (κ3) is 3.44. The van der Waals surface area contributed by atoms with E-state index < -0.39 is 12.1 Å². The van der Waals surface area contributed by atoms with Gasteiger partial charge in [-0.3, -0.25) is 0 Å². The maximum Gasteiger partial charge on any atom is 0.144 e. The topological polar surface area (TPSA) is 66.5 Å². The maximum absolute atomic E-state index is 9.92. The number of halogens is 3. The molecule has 0 fully saturated rings. The number of nitrogens with two attached hydrogens (primary N) is 1. The largest absolute Gasteiger partial charge is 0.506 e. The van der Waals surface area contributed by atoms with Gasteiger partial charge in [-0.25, -0.2) is 0 Å². The van der Waals surface area contributed by atoms with Crippen molar-refractivity contribution >= 4 is 47.8 Å². The second kappa shape index (κ2) is 6.52. The molecule has 0 aliphatic heterocycles. The lowest BCUT2D eigenvalue weighted by molar-refractivity contribution is 0.133. The Kier molecular flexibility index (Phi) is 5.92. The van der Waals surface area contributed by atoms with Crippen LogP contribution >= 0.6 is 47.8 Å². The summed E-state index contributed by atoms with van der Waals surface area (Å²) in [6.45, 7) is 1.99. The highest BCUT2D eigenvalue weighted by molar-refractivity contribution is 9.11. The average molecular weight is 432 g/mol. The van der Waals surface area contributed by atoms with E-state index in [1.165, 1.54) is 0 Å². The number of phenolic OH excluding ortho intramolecular Hbond substituents is 1. The molecule has 0 aliphatic rings. The summed E-state index contributed by atoms with van der Waals surface area (Å²) in [6, 6.07) is 1.17. The summed E-state index contributed by atoms with van der Waals surface area (Å²) < 4.78 is 1.82. The van der Waals surface area contributed by atoms with Crippen LogP contribution in [0.1, 0.15) is 31.4 Å². The van der Waals surface area contributed by atoms with Crippen molar-refractivity contribution in [2.45, 2.75) is 31.9 Å². The molecular formula is C11H14Br3NO2. The summed E-state index contributed by atoms with van der Waals surface area (Å²) in [5, 5.41) is 19.7. The second-order valence-corrected chi connectivity index (χ2v) is 6.30. The summed E-state index contributed by atoms with van der Waals surface area (Å²) in [4.78, 5) is 0. The molecule has 17 heavy (non-hydrogen) atoms. The molecule has 0 aromatic heterocycles. The number of benzene rings is 1. The van der Waals surface area contributed by atoms with Crippen molar-refractivity contribution in [2.24, 2.45) is 5.73 Å². The van der Waals surface area contributed by atoms with Crippen LogP contribution in [-0.2, 0) is 0 Å². The first-order chi connectivity index (χ1) is 7.90. The van der Waals surface area contributed by atoms with Crippen LogP contribution in [0.5, 0.6) is 5.75 Å². The van der Waals surface area contributed by atoms with E-state index in [-0.39, 0.29) is 5.75 Å². The molecule has 0 aliphatic carbocycles. The minimum absolute atomic E-state index is 0.0855. The maximum atomic E-state index is 9.92. The number of hydrogen-bond donors (Lipinski definition) is 3. The third-order valence-electron chi connectivity index (χ3n) is 2.51. The smallest absolute Gasteiger partial charge is 0.144 e. The number of hydrogen-bond acceptors (Lipinski definition) is 3.